The Hall–Kier alpha value is -0.320. The first-order valence-electron chi connectivity index (χ1n) is 4.91. The molecule has 1 heterocycles. The van der Waals surface area contributed by atoms with Gasteiger partial charge in [0.15, 0.2) is 5.78 Å². The molecule has 1 atom stereocenters. The zero-order valence-electron chi connectivity index (χ0n) is 9.03. The molecule has 0 aliphatic carbocycles. The second-order valence-corrected chi connectivity index (χ2v) is 5.95. The van der Waals surface area contributed by atoms with Crippen molar-refractivity contribution in [3.8, 4) is 0 Å². The lowest BCUT2D eigenvalue weighted by Gasteiger charge is -2.05. The first kappa shape index (κ1) is 12.7. The van der Waals surface area contributed by atoms with Crippen LogP contribution in [0.4, 0.5) is 0 Å². The lowest BCUT2D eigenvalue weighted by Crippen LogP contribution is -2.07. The molecule has 15 heavy (non-hydrogen) atoms. The number of ketones is 1. The molecule has 0 aromatic carbocycles. The van der Waals surface area contributed by atoms with E-state index >= 15 is 0 Å². The molecule has 0 bridgehead atoms. The highest BCUT2D eigenvalue weighted by Gasteiger charge is 2.09. The van der Waals surface area contributed by atoms with Crippen molar-refractivity contribution in [3.63, 3.8) is 0 Å². The van der Waals surface area contributed by atoms with Gasteiger partial charge in [-0.15, -0.1) is 11.3 Å². The number of carbonyl (C=O) groups excluding carboxylic acids is 1. The number of rotatable bonds is 6. The number of carbonyl (C=O) groups is 1. The van der Waals surface area contributed by atoms with Crippen LogP contribution in [0.5, 0.6) is 0 Å². The van der Waals surface area contributed by atoms with Crippen LogP contribution >= 0.6 is 23.1 Å². The number of Topliss-reactive ketones (excluding diaryl/α,β-unsaturated/α-hetero) is 1. The molecule has 0 radical (unpaired) electrons. The highest BCUT2D eigenvalue weighted by molar-refractivity contribution is 8.00. The van der Waals surface area contributed by atoms with Gasteiger partial charge >= 0.3 is 0 Å². The van der Waals surface area contributed by atoms with Crippen molar-refractivity contribution in [3.05, 3.63) is 21.9 Å². The Morgan fingerprint density at radius 1 is 1.60 bits per heavy atom. The van der Waals surface area contributed by atoms with E-state index in [1.54, 1.807) is 23.1 Å². The van der Waals surface area contributed by atoms with Crippen LogP contribution < -0.4 is 0 Å². The van der Waals surface area contributed by atoms with E-state index in [1.165, 1.54) is 4.88 Å². The van der Waals surface area contributed by atoms with Crippen molar-refractivity contribution in [1.29, 1.82) is 0 Å². The summed E-state index contributed by atoms with van der Waals surface area (Å²) >= 11 is 3.14. The van der Waals surface area contributed by atoms with Crippen LogP contribution in [-0.2, 0) is 0 Å². The molecule has 4 heteroatoms. The van der Waals surface area contributed by atoms with Crippen molar-refractivity contribution >= 4 is 28.9 Å². The van der Waals surface area contributed by atoms with E-state index in [9.17, 15) is 4.79 Å². The molecule has 1 N–H and O–H groups in total. The second kappa shape index (κ2) is 6.30. The predicted octanol–water partition coefficient (Wildman–Crippen LogP) is 2.60. The minimum absolute atomic E-state index is 0.194. The van der Waals surface area contributed by atoms with Crippen LogP contribution in [0.25, 0.3) is 0 Å². The third-order valence-electron chi connectivity index (χ3n) is 1.96. The summed E-state index contributed by atoms with van der Waals surface area (Å²) in [5, 5.41) is 8.82. The first-order chi connectivity index (χ1) is 7.13. The molecular weight excluding hydrogens is 228 g/mol. The molecule has 1 unspecified atom stereocenters. The maximum Gasteiger partial charge on any atom is 0.182 e. The summed E-state index contributed by atoms with van der Waals surface area (Å²) in [6.45, 7) is 4.18. The van der Waals surface area contributed by atoms with E-state index in [0.29, 0.717) is 5.75 Å². The third-order valence-corrected chi connectivity index (χ3v) is 4.28. The Morgan fingerprint density at radius 3 is 2.87 bits per heavy atom. The number of aryl methyl sites for hydroxylation is 1. The van der Waals surface area contributed by atoms with Crippen molar-refractivity contribution in [2.75, 3.05) is 18.1 Å². The van der Waals surface area contributed by atoms with Gasteiger partial charge in [-0.3, -0.25) is 4.79 Å². The fraction of sp³-hybridized carbons (Fsp3) is 0.545. The van der Waals surface area contributed by atoms with Gasteiger partial charge in [0.2, 0.25) is 0 Å². The van der Waals surface area contributed by atoms with E-state index in [1.807, 2.05) is 26.0 Å². The van der Waals surface area contributed by atoms with Gasteiger partial charge in [-0.2, -0.15) is 11.8 Å². The van der Waals surface area contributed by atoms with Crippen LogP contribution in [0, 0.1) is 12.8 Å². The molecule has 0 spiro atoms. The fourth-order valence-corrected chi connectivity index (χ4v) is 2.92. The largest absolute Gasteiger partial charge is 0.396 e. The third kappa shape index (κ3) is 4.36. The van der Waals surface area contributed by atoms with Gasteiger partial charge in [-0.05, 0) is 30.7 Å². The minimum atomic E-state index is 0.194. The molecule has 0 amide bonds. The maximum atomic E-state index is 11.7. The van der Waals surface area contributed by atoms with E-state index in [2.05, 4.69) is 0 Å². The molecule has 0 saturated carbocycles. The van der Waals surface area contributed by atoms with Crippen LogP contribution in [-0.4, -0.2) is 29.0 Å². The SMILES string of the molecule is Cc1ccc(C(=O)CSCC(C)CO)s1. The van der Waals surface area contributed by atoms with Crippen LogP contribution in [0.2, 0.25) is 0 Å². The highest BCUT2D eigenvalue weighted by Crippen LogP contribution is 2.18. The number of hydrogen-bond donors (Lipinski definition) is 1. The quantitative estimate of drug-likeness (QED) is 0.782. The average Bonchev–Trinajstić information content (AvgIpc) is 2.64. The molecule has 2 nitrogen and oxygen atoms in total. The van der Waals surface area contributed by atoms with Crippen molar-refractivity contribution < 1.29 is 9.90 Å². The Bertz CT molecular complexity index is 320. The highest BCUT2D eigenvalue weighted by atomic mass is 32.2. The normalized spacial score (nSPS) is 12.7. The molecule has 0 aliphatic rings. The molecule has 0 fully saturated rings. The number of hydrogen-bond acceptors (Lipinski definition) is 4. The molecule has 84 valence electrons. The Labute approximate surface area is 98.7 Å². The molecule has 0 aliphatic heterocycles. The smallest absolute Gasteiger partial charge is 0.182 e. The standard InChI is InChI=1S/C11H16O2S2/c1-8(5-12)6-14-7-10(13)11-4-3-9(2)15-11/h3-4,8,12H,5-7H2,1-2H3. The maximum absolute atomic E-state index is 11.7. The van der Waals surface area contributed by atoms with Crippen molar-refractivity contribution in [2.24, 2.45) is 5.92 Å². The van der Waals surface area contributed by atoms with E-state index in [4.69, 9.17) is 5.11 Å². The average molecular weight is 244 g/mol. The molecule has 0 saturated heterocycles. The van der Waals surface area contributed by atoms with Gasteiger partial charge in [0.1, 0.15) is 0 Å². The van der Waals surface area contributed by atoms with E-state index in [-0.39, 0.29) is 18.3 Å². The van der Waals surface area contributed by atoms with Gasteiger partial charge in [-0.1, -0.05) is 6.92 Å². The molecule has 1 aromatic heterocycles. The summed E-state index contributed by atoms with van der Waals surface area (Å²) in [5.74, 6) is 1.83. The lowest BCUT2D eigenvalue weighted by atomic mass is 10.2. The van der Waals surface area contributed by atoms with Gasteiger partial charge in [0.25, 0.3) is 0 Å². The van der Waals surface area contributed by atoms with E-state index < -0.39 is 0 Å². The Kier molecular flexibility index (Phi) is 5.36. The summed E-state index contributed by atoms with van der Waals surface area (Å²) in [6, 6.07) is 3.86. The fourth-order valence-electron chi connectivity index (χ4n) is 1.06. The summed E-state index contributed by atoms with van der Waals surface area (Å²) in [4.78, 5) is 13.7. The number of thiophene rings is 1. The number of aliphatic hydroxyl groups excluding tert-OH is 1. The van der Waals surface area contributed by atoms with Crippen LogP contribution in [0.1, 0.15) is 21.5 Å². The summed E-state index contributed by atoms with van der Waals surface area (Å²) in [5.41, 5.74) is 0. The topological polar surface area (TPSA) is 37.3 Å². The Balaban J connectivity index is 2.31. The molecular formula is C11H16O2S2. The summed E-state index contributed by atoms with van der Waals surface area (Å²) < 4.78 is 0. The van der Waals surface area contributed by atoms with Crippen LogP contribution in [0.15, 0.2) is 12.1 Å². The second-order valence-electron chi connectivity index (χ2n) is 3.64. The van der Waals surface area contributed by atoms with Crippen molar-refractivity contribution in [2.45, 2.75) is 13.8 Å². The summed E-state index contributed by atoms with van der Waals surface area (Å²) in [7, 11) is 0. The monoisotopic (exact) mass is 244 g/mol. The van der Waals surface area contributed by atoms with Gasteiger partial charge in [0, 0.05) is 11.5 Å². The molecule has 1 rings (SSSR count). The van der Waals surface area contributed by atoms with Gasteiger partial charge < -0.3 is 5.11 Å². The van der Waals surface area contributed by atoms with Gasteiger partial charge in [0.05, 0.1) is 10.6 Å². The first-order valence-corrected chi connectivity index (χ1v) is 6.89. The van der Waals surface area contributed by atoms with Crippen LogP contribution in [0.3, 0.4) is 0 Å². The zero-order chi connectivity index (χ0) is 11.3. The Morgan fingerprint density at radius 2 is 2.33 bits per heavy atom. The van der Waals surface area contributed by atoms with Crippen molar-refractivity contribution in [1.82, 2.24) is 0 Å². The predicted molar refractivity (Wildman–Crippen MR) is 67.0 cm³/mol. The molecule has 1 aromatic rings. The van der Waals surface area contributed by atoms with E-state index in [0.717, 1.165) is 10.6 Å². The summed E-state index contributed by atoms with van der Waals surface area (Å²) in [6.07, 6.45) is 0. The number of aliphatic hydroxyl groups is 1. The van der Waals surface area contributed by atoms with Gasteiger partial charge in [-0.25, -0.2) is 0 Å². The lowest BCUT2D eigenvalue weighted by molar-refractivity contribution is 0.102. The number of thioether (sulfide) groups is 1. The zero-order valence-corrected chi connectivity index (χ0v) is 10.7. The minimum Gasteiger partial charge on any atom is -0.396 e.